The average molecular weight is 303 g/mol. The lowest BCUT2D eigenvalue weighted by atomic mass is 10.4. The molecule has 1 aromatic heterocycles. The Balaban J connectivity index is 2.47. The Morgan fingerprint density at radius 3 is 2.39 bits per heavy atom. The van der Waals surface area contributed by atoms with Gasteiger partial charge in [0.1, 0.15) is 4.21 Å². The monoisotopic (exact) mass is 302 g/mol. The molecule has 2 N–H and O–H groups in total. The SMILES string of the molecule is NC(=O)c1ncc(S(=O)(=O)c2ccc(Cl)cc2)s1. The molecule has 94 valence electrons. The highest BCUT2D eigenvalue weighted by atomic mass is 35.5. The van der Waals surface area contributed by atoms with Crippen molar-refractivity contribution in [3.63, 3.8) is 0 Å². The summed E-state index contributed by atoms with van der Waals surface area (Å²) in [7, 11) is -3.68. The van der Waals surface area contributed by atoms with E-state index in [0.29, 0.717) is 5.02 Å². The van der Waals surface area contributed by atoms with Crippen LogP contribution in [0, 0.1) is 0 Å². The van der Waals surface area contributed by atoms with E-state index >= 15 is 0 Å². The highest BCUT2D eigenvalue weighted by molar-refractivity contribution is 7.93. The van der Waals surface area contributed by atoms with E-state index in [0.717, 1.165) is 17.5 Å². The Bertz CT molecular complexity index is 692. The Hall–Kier alpha value is -1.44. The number of thiazole rings is 1. The second kappa shape index (κ2) is 4.68. The van der Waals surface area contributed by atoms with Crippen molar-refractivity contribution in [1.29, 1.82) is 0 Å². The maximum atomic E-state index is 12.2. The molecular weight excluding hydrogens is 296 g/mol. The maximum absolute atomic E-state index is 12.2. The van der Waals surface area contributed by atoms with Crippen LogP contribution in [0.3, 0.4) is 0 Å². The van der Waals surface area contributed by atoms with Gasteiger partial charge in [-0.25, -0.2) is 13.4 Å². The summed E-state index contributed by atoms with van der Waals surface area (Å²) in [6.45, 7) is 0. The van der Waals surface area contributed by atoms with E-state index in [1.165, 1.54) is 24.3 Å². The summed E-state index contributed by atoms with van der Waals surface area (Å²) in [5, 5.41) is 0.401. The Morgan fingerprint density at radius 1 is 1.28 bits per heavy atom. The summed E-state index contributed by atoms with van der Waals surface area (Å²) >= 11 is 6.43. The molecule has 0 saturated heterocycles. The number of primary amides is 1. The zero-order chi connectivity index (χ0) is 13.3. The quantitative estimate of drug-likeness (QED) is 0.935. The predicted molar refractivity (Wildman–Crippen MR) is 67.5 cm³/mol. The second-order valence-electron chi connectivity index (χ2n) is 3.31. The molecule has 0 fully saturated rings. The van der Waals surface area contributed by atoms with Gasteiger partial charge in [-0.15, -0.1) is 0 Å². The molecule has 0 radical (unpaired) electrons. The fourth-order valence-electron chi connectivity index (χ4n) is 1.23. The third-order valence-electron chi connectivity index (χ3n) is 2.08. The van der Waals surface area contributed by atoms with Crippen LogP contribution in [0.1, 0.15) is 9.80 Å². The number of hydrogen-bond donors (Lipinski definition) is 1. The van der Waals surface area contributed by atoms with Gasteiger partial charge in [0.25, 0.3) is 5.91 Å². The first kappa shape index (κ1) is 13.0. The van der Waals surface area contributed by atoms with Crippen LogP contribution in [0.5, 0.6) is 0 Å². The molecule has 2 aromatic rings. The molecule has 0 aliphatic heterocycles. The van der Waals surface area contributed by atoms with E-state index in [2.05, 4.69) is 4.98 Å². The van der Waals surface area contributed by atoms with Crippen molar-refractivity contribution in [2.45, 2.75) is 9.10 Å². The van der Waals surface area contributed by atoms with Crippen LogP contribution in [0.15, 0.2) is 39.6 Å². The zero-order valence-electron chi connectivity index (χ0n) is 8.83. The highest BCUT2D eigenvalue weighted by Crippen LogP contribution is 2.26. The van der Waals surface area contributed by atoms with E-state index in [4.69, 9.17) is 17.3 Å². The number of benzene rings is 1. The third kappa shape index (κ3) is 2.38. The van der Waals surface area contributed by atoms with E-state index < -0.39 is 15.7 Å². The normalized spacial score (nSPS) is 11.4. The minimum atomic E-state index is -3.68. The molecule has 0 aliphatic rings. The van der Waals surface area contributed by atoms with Gasteiger partial charge in [0.2, 0.25) is 9.84 Å². The van der Waals surface area contributed by atoms with Crippen molar-refractivity contribution in [3.05, 3.63) is 40.5 Å². The minimum Gasteiger partial charge on any atom is -0.364 e. The molecule has 0 bridgehead atoms. The molecule has 0 saturated carbocycles. The van der Waals surface area contributed by atoms with Crippen molar-refractivity contribution < 1.29 is 13.2 Å². The first-order valence-corrected chi connectivity index (χ1v) is 7.35. The predicted octanol–water partition coefficient (Wildman–Crippen LogP) is 1.73. The van der Waals surface area contributed by atoms with Crippen molar-refractivity contribution in [3.8, 4) is 0 Å². The smallest absolute Gasteiger partial charge is 0.277 e. The Morgan fingerprint density at radius 2 is 1.89 bits per heavy atom. The summed E-state index contributed by atoms with van der Waals surface area (Å²) in [5.74, 6) is -0.752. The summed E-state index contributed by atoms with van der Waals surface area (Å²) in [6, 6.07) is 5.73. The molecule has 0 atom stereocenters. The van der Waals surface area contributed by atoms with Gasteiger partial charge in [-0.05, 0) is 24.3 Å². The molecule has 1 amide bonds. The molecule has 0 unspecified atom stereocenters. The topological polar surface area (TPSA) is 90.1 Å². The van der Waals surface area contributed by atoms with Crippen LogP contribution in [-0.4, -0.2) is 19.3 Å². The molecular formula is C10H7ClN2O3S2. The molecule has 8 heteroatoms. The number of nitrogens with zero attached hydrogens (tertiary/aromatic N) is 1. The average Bonchev–Trinajstić information content (AvgIpc) is 2.79. The van der Waals surface area contributed by atoms with Crippen LogP contribution in [0.2, 0.25) is 5.02 Å². The summed E-state index contributed by atoms with van der Waals surface area (Å²) in [6.07, 6.45) is 1.12. The first-order valence-electron chi connectivity index (χ1n) is 4.67. The van der Waals surface area contributed by atoms with Gasteiger partial charge < -0.3 is 5.73 Å². The van der Waals surface area contributed by atoms with Crippen molar-refractivity contribution in [2.24, 2.45) is 5.73 Å². The number of aromatic nitrogens is 1. The Kier molecular flexibility index (Phi) is 3.38. The Labute approximate surface area is 112 Å². The fourth-order valence-corrected chi connectivity index (χ4v) is 3.74. The van der Waals surface area contributed by atoms with Gasteiger partial charge in [0, 0.05) is 5.02 Å². The van der Waals surface area contributed by atoms with E-state index in [1.54, 1.807) is 0 Å². The molecule has 0 aliphatic carbocycles. The van der Waals surface area contributed by atoms with Gasteiger partial charge in [-0.2, -0.15) is 0 Å². The molecule has 18 heavy (non-hydrogen) atoms. The number of sulfone groups is 1. The van der Waals surface area contributed by atoms with Crippen molar-refractivity contribution >= 4 is 38.7 Å². The number of carbonyl (C=O) groups is 1. The minimum absolute atomic E-state index is 0.0291. The largest absolute Gasteiger partial charge is 0.364 e. The van der Waals surface area contributed by atoms with Crippen molar-refractivity contribution in [2.75, 3.05) is 0 Å². The van der Waals surface area contributed by atoms with Crippen LogP contribution in [-0.2, 0) is 9.84 Å². The number of hydrogen-bond acceptors (Lipinski definition) is 5. The van der Waals surface area contributed by atoms with Crippen molar-refractivity contribution in [1.82, 2.24) is 4.98 Å². The first-order chi connectivity index (χ1) is 8.41. The molecule has 1 heterocycles. The standard InChI is InChI=1S/C10H7ClN2O3S2/c11-6-1-3-7(4-2-6)18(15,16)8-5-13-10(17-8)9(12)14/h1-5H,(H2,12,14). The highest BCUT2D eigenvalue weighted by Gasteiger charge is 2.21. The lowest BCUT2D eigenvalue weighted by Crippen LogP contribution is -2.09. The number of rotatable bonds is 3. The maximum Gasteiger partial charge on any atom is 0.277 e. The zero-order valence-corrected chi connectivity index (χ0v) is 11.2. The van der Waals surface area contributed by atoms with E-state index in [9.17, 15) is 13.2 Å². The summed E-state index contributed by atoms with van der Waals surface area (Å²) < 4.78 is 24.3. The van der Waals surface area contributed by atoms with Gasteiger partial charge in [-0.1, -0.05) is 22.9 Å². The summed E-state index contributed by atoms with van der Waals surface area (Å²) in [4.78, 5) is 14.6. The molecule has 2 rings (SSSR count). The van der Waals surface area contributed by atoms with Gasteiger partial charge in [-0.3, -0.25) is 4.79 Å². The van der Waals surface area contributed by atoms with Gasteiger partial charge in [0.15, 0.2) is 5.01 Å². The van der Waals surface area contributed by atoms with E-state index in [1.807, 2.05) is 0 Å². The number of nitrogens with two attached hydrogens (primary N) is 1. The number of halogens is 1. The van der Waals surface area contributed by atoms with Crippen LogP contribution < -0.4 is 5.73 Å². The second-order valence-corrected chi connectivity index (χ2v) is 6.95. The van der Waals surface area contributed by atoms with Crippen LogP contribution in [0.25, 0.3) is 0 Å². The molecule has 5 nitrogen and oxygen atoms in total. The van der Waals surface area contributed by atoms with E-state index in [-0.39, 0.29) is 14.1 Å². The molecule has 0 spiro atoms. The van der Waals surface area contributed by atoms with Gasteiger partial charge in [0.05, 0.1) is 11.1 Å². The lowest BCUT2D eigenvalue weighted by Gasteiger charge is -2.00. The van der Waals surface area contributed by atoms with Crippen LogP contribution >= 0.6 is 22.9 Å². The molecule has 1 aromatic carbocycles. The lowest BCUT2D eigenvalue weighted by molar-refractivity contribution is 0.1000. The van der Waals surface area contributed by atoms with Gasteiger partial charge >= 0.3 is 0 Å². The summed E-state index contributed by atoms with van der Waals surface area (Å²) in [5.41, 5.74) is 5.03. The number of amides is 1. The fraction of sp³-hybridized carbons (Fsp3) is 0. The number of carbonyl (C=O) groups excluding carboxylic acids is 1. The third-order valence-corrected chi connectivity index (χ3v) is 5.58. The van der Waals surface area contributed by atoms with Crippen LogP contribution in [0.4, 0.5) is 0 Å².